The molecular weight excluding hydrogens is 375 g/mol. The molecule has 0 radical (unpaired) electrons. The molecule has 1 aliphatic heterocycles. The van der Waals surface area contributed by atoms with Crippen LogP contribution in [0.15, 0.2) is 48.5 Å². The lowest BCUT2D eigenvalue weighted by atomic mass is 9.75. The summed E-state index contributed by atoms with van der Waals surface area (Å²) in [4.78, 5) is 0. The van der Waals surface area contributed by atoms with E-state index in [2.05, 4.69) is 64.1 Å². The van der Waals surface area contributed by atoms with Crippen LogP contribution >= 0.6 is 22.9 Å². The monoisotopic (exact) mass is 394 g/mol. The van der Waals surface area contributed by atoms with Crippen molar-refractivity contribution < 1.29 is 9.31 Å². The van der Waals surface area contributed by atoms with Crippen LogP contribution in [0.1, 0.15) is 27.7 Å². The molecule has 1 aliphatic rings. The van der Waals surface area contributed by atoms with Gasteiger partial charge in [0.25, 0.3) is 0 Å². The predicted octanol–water partition coefficient (Wildman–Crippen LogP) is 6.16. The van der Waals surface area contributed by atoms with Crippen LogP contribution in [0.4, 0.5) is 0 Å². The maximum atomic E-state index is 6.36. The molecule has 27 heavy (non-hydrogen) atoms. The highest BCUT2D eigenvalue weighted by molar-refractivity contribution is 7.26. The van der Waals surface area contributed by atoms with E-state index in [0.717, 1.165) is 10.5 Å². The molecule has 0 bridgehead atoms. The SMILES string of the molecule is CC1(C)OB(c2cc3sc4cc(Cl)ccc4c3c3ccccc23)OC1(C)C. The lowest BCUT2D eigenvalue weighted by Crippen LogP contribution is -2.41. The molecule has 2 nitrogen and oxygen atoms in total. The summed E-state index contributed by atoms with van der Waals surface area (Å²) >= 11 is 8.00. The van der Waals surface area contributed by atoms with Crippen LogP contribution in [0.2, 0.25) is 5.02 Å². The van der Waals surface area contributed by atoms with Gasteiger partial charge in [0.15, 0.2) is 0 Å². The molecule has 0 amide bonds. The minimum Gasteiger partial charge on any atom is -0.399 e. The maximum Gasteiger partial charge on any atom is 0.495 e. The maximum absolute atomic E-state index is 6.36. The van der Waals surface area contributed by atoms with E-state index in [1.54, 1.807) is 11.3 Å². The first kappa shape index (κ1) is 17.5. The zero-order chi connectivity index (χ0) is 19.0. The average Bonchev–Trinajstić information content (AvgIpc) is 3.07. The van der Waals surface area contributed by atoms with E-state index in [0.29, 0.717) is 0 Å². The molecule has 5 heteroatoms. The van der Waals surface area contributed by atoms with Crippen LogP contribution in [0.25, 0.3) is 30.9 Å². The topological polar surface area (TPSA) is 18.5 Å². The largest absolute Gasteiger partial charge is 0.495 e. The molecule has 3 aromatic carbocycles. The van der Waals surface area contributed by atoms with Gasteiger partial charge in [0.1, 0.15) is 0 Å². The van der Waals surface area contributed by atoms with Gasteiger partial charge >= 0.3 is 7.12 Å². The second-order valence-electron chi connectivity index (χ2n) is 8.22. The molecular formula is C22H20BClO2S. The number of halogens is 1. The van der Waals surface area contributed by atoms with E-state index < -0.39 is 0 Å². The van der Waals surface area contributed by atoms with Crippen molar-refractivity contribution in [3.63, 3.8) is 0 Å². The minimum atomic E-state index is -0.377. The summed E-state index contributed by atoms with van der Waals surface area (Å²) in [7, 11) is -0.377. The molecule has 1 aromatic heterocycles. The number of rotatable bonds is 1. The Labute approximate surface area is 168 Å². The van der Waals surface area contributed by atoms with Crippen molar-refractivity contribution >= 4 is 66.5 Å². The Balaban J connectivity index is 1.82. The van der Waals surface area contributed by atoms with Gasteiger partial charge in [-0.1, -0.05) is 41.9 Å². The minimum absolute atomic E-state index is 0.360. The summed E-state index contributed by atoms with van der Waals surface area (Å²) in [6.45, 7) is 8.37. The van der Waals surface area contributed by atoms with Gasteiger partial charge in [-0.2, -0.15) is 0 Å². The van der Waals surface area contributed by atoms with Crippen molar-refractivity contribution in [2.75, 3.05) is 0 Å². The van der Waals surface area contributed by atoms with E-state index in [-0.39, 0.29) is 18.3 Å². The van der Waals surface area contributed by atoms with Gasteiger partial charge < -0.3 is 9.31 Å². The molecule has 1 saturated heterocycles. The third-order valence-electron chi connectivity index (χ3n) is 5.98. The van der Waals surface area contributed by atoms with Crippen molar-refractivity contribution in [1.29, 1.82) is 0 Å². The summed E-state index contributed by atoms with van der Waals surface area (Å²) in [5.74, 6) is 0. The number of fused-ring (bicyclic) bond motifs is 5. The number of thiophene rings is 1. The highest BCUT2D eigenvalue weighted by Gasteiger charge is 2.52. The summed E-state index contributed by atoms with van der Waals surface area (Å²) in [6, 6.07) is 16.9. The normalized spacial score (nSPS) is 18.8. The van der Waals surface area contributed by atoms with Crippen molar-refractivity contribution in [3.05, 3.63) is 53.6 Å². The quantitative estimate of drug-likeness (QED) is 0.360. The Morgan fingerprint density at radius 2 is 1.48 bits per heavy atom. The summed E-state index contributed by atoms with van der Waals surface area (Å²) in [6.07, 6.45) is 0. The van der Waals surface area contributed by atoms with E-state index in [4.69, 9.17) is 20.9 Å². The molecule has 0 N–H and O–H groups in total. The Bertz CT molecular complexity index is 1200. The average molecular weight is 395 g/mol. The standard InChI is InChI=1S/C22H20BClO2S/c1-21(2)22(3,4)26-23(25-21)17-12-19-20(15-8-6-5-7-14(15)17)16-10-9-13(24)11-18(16)27-19/h5-12H,1-4H3. The first-order valence-electron chi connectivity index (χ1n) is 9.16. The van der Waals surface area contributed by atoms with Crippen molar-refractivity contribution in [3.8, 4) is 0 Å². The summed E-state index contributed by atoms with van der Waals surface area (Å²) in [5.41, 5.74) is 0.373. The van der Waals surface area contributed by atoms with Gasteiger partial charge in [0, 0.05) is 25.2 Å². The second kappa shape index (κ2) is 5.71. The van der Waals surface area contributed by atoms with E-state index in [1.807, 2.05) is 12.1 Å². The molecule has 4 aromatic rings. The Kier molecular flexibility index (Phi) is 3.70. The Morgan fingerprint density at radius 1 is 0.815 bits per heavy atom. The summed E-state index contributed by atoms with van der Waals surface area (Å²) in [5, 5.41) is 5.70. The molecule has 0 aliphatic carbocycles. The third-order valence-corrected chi connectivity index (χ3v) is 7.32. The molecule has 0 spiro atoms. The van der Waals surface area contributed by atoms with Crippen LogP contribution in [0.3, 0.4) is 0 Å². The van der Waals surface area contributed by atoms with Crippen LogP contribution in [-0.4, -0.2) is 18.3 Å². The predicted molar refractivity (Wildman–Crippen MR) is 118 cm³/mol. The van der Waals surface area contributed by atoms with Gasteiger partial charge in [-0.05, 0) is 62.1 Å². The van der Waals surface area contributed by atoms with Gasteiger partial charge in [0.2, 0.25) is 0 Å². The van der Waals surface area contributed by atoms with Gasteiger partial charge in [-0.25, -0.2) is 0 Å². The van der Waals surface area contributed by atoms with Gasteiger partial charge in [-0.3, -0.25) is 0 Å². The van der Waals surface area contributed by atoms with Crippen LogP contribution in [-0.2, 0) is 9.31 Å². The van der Waals surface area contributed by atoms with Gasteiger partial charge in [0.05, 0.1) is 11.2 Å². The Morgan fingerprint density at radius 3 is 2.19 bits per heavy atom. The number of benzene rings is 3. The van der Waals surface area contributed by atoms with E-state index in [1.165, 1.54) is 30.9 Å². The van der Waals surface area contributed by atoms with Crippen molar-refractivity contribution in [1.82, 2.24) is 0 Å². The molecule has 5 rings (SSSR count). The summed E-state index contributed by atoms with van der Waals surface area (Å²) < 4.78 is 15.2. The fourth-order valence-electron chi connectivity index (χ4n) is 3.81. The second-order valence-corrected chi connectivity index (χ2v) is 9.74. The third kappa shape index (κ3) is 2.55. The fourth-order valence-corrected chi connectivity index (χ4v) is 5.25. The highest BCUT2D eigenvalue weighted by atomic mass is 35.5. The smallest absolute Gasteiger partial charge is 0.399 e. The van der Waals surface area contributed by atoms with Gasteiger partial charge in [-0.15, -0.1) is 11.3 Å². The molecule has 0 unspecified atom stereocenters. The zero-order valence-corrected chi connectivity index (χ0v) is 17.4. The van der Waals surface area contributed by atoms with Crippen molar-refractivity contribution in [2.24, 2.45) is 0 Å². The number of hydrogen-bond donors (Lipinski definition) is 0. The van der Waals surface area contributed by atoms with Crippen LogP contribution in [0.5, 0.6) is 0 Å². The zero-order valence-electron chi connectivity index (χ0n) is 15.8. The highest BCUT2D eigenvalue weighted by Crippen LogP contribution is 2.41. The Hall–Kier alpha value is -1.59. The molecule has 0 atom stereocenters. The van der Waals surface area contributed by atoms with Crippen LogP contribution in [0, 0.1) is 0 Å². The lowest BCUT2D eigenvalue weighted by Gasteiger charge is -2.32. The fraction of sp³-hybridized carbons (Fsp3) is 0.273. The molecule has 1 fully saturated rings. The van der Waals surface area contributed by atoms with Crippen molar-refractivity contribution in [2.45, 2.75) is 38.9 Å². The molecule has 2 heterocycles. The van der Waals surface area contributed by atoms with E-state index >= 15 is 0 Å². The van der Waals surface area contributed by atoms with Crippen LogP contribution < -0.4 is 5.46 Å². The molecule has 136 valence electrons. The first-order chi connectivity index (χ1) is 12.8. The van der Waals surface area contributed by atoms with E-state index in [9.17, 15) is 0 Å². The lowest BCUT2D eigenvalue weighted by molar-refractivity contribution is 0.00578. The number of hydrogen-bond acceptors (Lipinski definition) is 3. The molecule has 0 saturated carbocycles. The first-order valence-corrected chi connectivity index (χ1v) is 10.4.